The Hall–Kier alpha value is -2.27. The number of nitrogens with one attached hydrogen (secondary N) is 2. The number of carbonyl (C=O) groups excluding carboxylic acids is 2. The van der Waals surface area contributed by atoms with Crippen molar-refractivity contribution in [1.29, 1.82) is 0 Å². The number of carbonyl (C=O) groups is 2. The van der Waals surface area contributed by atoms with Gasteiger partial charge in [-0.3, -0.25) is 19.4 Å². The van der Waals surface area contributed by atoms with Gasteiger partial charge in [0.2, 0.25) is 11.8 Å². The minimum Gasteiger partial charge on any atom is -0.353 e. The third-order valence-electron chi connectivity index (χ3n) is 6.83. The average molecular weight is 505 g/mol. The van der Waals surface area contributed by atoms with Gasteiger partial charge in [-0.05, 0) is 49.0 Å². The molecule has 0 radical (unpaired) electrons. The Morgan fingerprint density at radius 2 is 2.00 bits per heavy atom. The maximum absolute atomic E-state index is 13.0. The molecular weight excluding hydrogens is 472 g/mol. The van der Waals surface area contributed by atoms with Gasteiger partial charge >= 0.3 is 0 Å². The molecule has 34 heavy (non-hydrogen) atoms. The van der Waals surface area contributed by atoms with Crippen molar-refractivity contribution in [3.63, 3.8) is 0 Å². The molecule has 8 nitrogen and oxygen atoms in total. The summed E-state index contributed by atoms with van der Waals surface area (Å²) in [6, 6.07) is 10.8. The van der Waals surface area contributed by atoms with Crippen molar-refractivity contribution in [2.75, 3.05) is 26.4 Å². The van der Waals surface area contributed by atoms with Crippen LogP contribution in [0, 0.1) is 0 Å². The van der Waals surface area contributed by atoms with Crippen molar-refractivity contribution in [2.45, 2.75) is 55.4 Å². The first kappa shape index (κ1) is 24.8. The van der Waals surface area contributed by atoms with Gasteiger partial charge in [-0.25, -0.2) is 8.42 Å². The highest BCUT2D eigenvalue weighted by atomic mass is 32.2. The van der Waals surface area contributed by atoms with Crippen LogP contribution in [0.25, 0.3) is 0 Å². The largest absolute Gasteiger partial charge is 0.353 e. The van der Waals surface area contributed by atoms with Gasteiger partial charge in [-0.2, -0.15) is 0 Å². The molecule has 0 saturated carbocycles. The van der Waals surface area contributed by atoms with Gasteiger partial charge in [0.1, 0.15) is 6.04 Å². The predicted molar refractivity (Wildman–Crippen MR) is 132 cm³/mol. The molecule has 2 fully saturated rings. The summed E-state index contributed by atoms with van der Waals surface area (Å²) in [7, 11) is -1.18. The van der Waals surface area contributed by atoms with Gasteiger partial charge in [0.25, 0.3) is 0 Å². The van der Waals surface area contributed by atoms with E-state index in [1.807, 2.05) is 29.6 Å². The van der Waals surface area contributed by atoms with Crippen LogP contribution in [0.3, 0.4) is 0 Å². The Morgan fingerprint density at radius 3 is 2.68 bits per heavy atom. The van der Waals surface area contributed by atoms with Crippen LogP contribution < -0.4 is 10.6 Å². The Labute approximate surface area is 205 Å². The third-order valence-corrected chi connectivity index (χ3v) is 8.84. The molecule has 2 saturated heterocycles. The number of hydrogen-bond acceptors (Lipinski definition) is 7. The summed E-state index contributed by atoms with van der Waals surface area (Å²) in [6.45, 7) is 2.45. The van der Waals surface area contributed by atoms with E-state index >= 15 is 0 Å². The zero-order valence-corrected chi connectivity index (χ0v) is 21.2. The van der Waals surface area contributed by atoms with E-state index < -0.39 is 9.84 Å². The Bertz CT molecular complexity index is 1100. The van der Waals surface area contributed by atoms with E-state index in [0.717, 1.165) is 23.4 Å². The SMILES string of the molecule is CN1[C@@H](CCC(=O)NCc2cccs2)CNC(=O)[C@@H]2[C@H]1CCN2Cc1ccc(S(C)(=O)=O)cc1. The number of sulfone groups is 1. The van der Waals surface area contributed by atoms with Gasteiger partial charge in [-0.15, -0.1) is 11.3 Å². The predicted octanol–water partition coefficient (Wildman–Crippen LogP) is 1.62. The third kappa shape index (κ3) is 5.86. The molecule has 4 rings (SSSR count). The summed E-state index contributed by atoms with van der Waals surface area (Å²) in [5.41, 5.74) is 0.978. The molecule has 2 N–H and O–H groups in total. The molecule has 0 spiro atoms. The lowest BCUT2D eigenvalue weighted by Gasteiger charge is -2.33. The molecule has 2 amide bonds. The molecule has 2 aliphatic rings. The molecule has 1 aromatic carbocycles. The quantitative estimate of drug-likeness (QED) is 0.567. The molecule has 0 bridgehead atoms. The minimum absolute atomic E-state index is 0.0201. The fourth-order valence-corrected chi connectivity index (χ4v) is 6.16. The summed E-state index contributed by atoms with van der Waals surface area (Å²) in [4.78, 5) is 31.2. The van der Waals surface area contributed by atoms with Crippen LogP contribution in [0.1, 0.15) is 29.7 Å². The van der Waals surface area contributed by atoms with Gasteiger partial charge in [0.05, 0.1) is 11.4 Å². The van der Waals surface area contributed by atoms with Gasteiger partial charge < -0.3 is 10.6 Å². The van der Waals surface area contributed by atoms with Gasteiger partial charge in [0.15, 0.2) is 9.84 Å². The normalized spacial score (nSPS) is 23.8. The highest BCUT2D eigenvalue weighted by Gasteiger charge is 2.44. The van der Waals surface area contributed by atoms with Gasteiger partial charge in [0, 0.05) is 49.3 Å². The van der Waals surface area contributed by atoms with E-state index in [9.17, 15) is 18.0 Å². The molecular formula is C24H32N4O4S2. The smallest absolute Gasteiger partial charge is 0.239 e. The highest BCUT2D eigenvalue weighted by Crippen LogP contribution is 2.28. The van der Waals surface area contributed by atoms with Crippen LogP contribution in [-0.2, 0) is 32.5 Å². The zero-order chi connectivity index (χ0) is 24.3. The zero-order valence-electron chi connectivity index (χ0n) is 19.6. The molecule has 0 aliphatic carbocycles. The number of nitrogens with zero attached hydrogens (tertiary/aromatic N) is 2. The summed E-state index contributed by atoms with van der Waals surface area (Å²) in [5.74, 6) is 0.0475. The van der Waals surface area contributed by atoms with E-state index in [1.54, 1.807) is 23.5 Å². The Morgan fingerprint density at radius 1 is 1.24 bits per heavy atom. The monoisotopic (exact) mass is 504 g/mol. The first-order valence-corrected chi connectivity index (χ1v) is 14.3. The summed E-state index contributed by atoms with van der Waals surface area (Å²) in [5, 5.41) is 8.06. The fourth-order valence-electron chi connectivity index (χ4n) is 4.89. The van der Waals surface area contributed by atoms with Gasteiger partial charge in [-0.1, -0.05) is 18.2 Å². The lowest BCUT2D eigenvalue weighted by Crippen LogP contribution is -2.49. The molecule has 184 valence electrons. The molecule has 3 heterocycles. The van der Waals surface area contributed by atoms with E-state index in [2.05, 4.69) is 27.5 Å². The first-order valence-electron chi connectivity index (χ1n) is 11.5. The number of benzene rings is 1. The van der Waals surface area contributed by atoms with Crippen LogP contribution in [0.4, 0.5) is 0 Å². The van der Waals surface area contributed by atoms with Crippen molar-refractivity contribution in [3.05, 3.63) is 52.2 Å². The fraction of sp³-hybridized carbons (Fsp3) is 0.500. The molecule has 3 atom stereocenters. The summed E-state index contributed by atoms with van der Waals surface area (Å²) < 4.78 is 23.4. The summed E-state index contributed by atoms with van der Waals surface area (Å²) >= 11 is 1.63. The highest BCUT2D eigenvalue weighted by molar-refractivity contribution is 7.90. The molecule has 1 aromatic heterocycles. The van der Waals surface area contributed by atoms with Crippen LogP contribution in [-0.4, -0.2) is 74.6 Å². The van der Waals surface area contributed by atoms with E-state index in [4.69, 9.17) is 0 Å². The maximum Gasteiger partial charge on any atom is 0.239 e. The Balaban J connectivity index is 1.34. The second-order valence-electron chi connectivity index (χ2n) is 9.15. The topological polar surface area (TPSA) is 98.8 Å². The summed E-state index contributed by atoms with van der Waals surface area (Å²) in [6.07, 6.45) is 3.17. The number of rotatable bonds is 8. The van der Waals surface area contributed by atoms with Crippen molar-refractivity contribution < 1.29 is 18.0 Å². The lowest BCUT2D eigenvalue weighted by molar-refractivity contribution is -0.126. The van der Waals surface area contributed by atoms with E-state index in [0.29, 0.717) is 37.4 Å². The molecule has 2 aliphatic heterocycles. The van der Waals surface area contributed by atoms with Crippen LogP contribution in [0.15, 0.2) is 46.7 Å². The van der Waals surface area contributed by atoms with Crippen LogP contribution in [0.2, 0.25) is 0 Å². The van der Waals surface area contributed by atoms with Crippen molar-refractivity contribution in [2.24, 2.45) is 0 Å². The van der Waals surface area contributed by atoms with Crippen molar-refractivity contribution in [1.82, 2.24) is 20.4 Å². The molecule has 0 unspecified atom stereocenters. The Kier molecular flexibility index (Phi) is 7.71. The van der Waals surface area contributed by atoms with E-state index in [1.165, 1.54) is 6.26 Å². The second-order valence-corrected chi connectivity index (χ2v) is 12.2. The number of likely N-dealkylation sites (tertiary alicyclic amines) is 1. The van der Waals surface area contributed by atoms with Crippen molar-refractivity contribution in [3.8, 4) is 0 Å². The van der Waals surface area contributed by atoms with Crippen LogP contribution >= 0.6 is 11.3 Å². The average Bonchev–Trinajstić information content (AvgIpc) is 3.44. The first-order chi connectivity index (χ1) is 16.2. The lowest BCUT2D eigenvalue weighted by atomic mass is 10.0. The number of hydrogen-bond donors (Lipinski definition) is 2. The molecule has 2 aromatic rings. The second kappa shape index (κ2) is 10.6. The number of likely N-dealkylation sites (N-methyl/N-ethyl adjacent to an activating group) is 1. The molecule has 10 heteroatoms. The standard InChI is InChI=1S/C24H32N4O4S2/c1-27-18(7-10-22(29)25-15-19-4-3-13-33-19)14-26-24(30)23-21(27)11-12-28(23)16-17-5-8-20(9-6-17)34(2,31)32/h3-6,8-9,13,18,21,23H,7,10-12,14-16H2,1-2H3,(H,25,29)(H,26,30)/t18-,21+,23-/m0/s1. The number of amides is 2. The van der Waals surface area contributed by atoms with Crippen LogP contribution in [0.5, 0.6) is 0 Å². The maximum atomic E-state index is 13.0. The number of fused-ring (bicyclic) bond motifs is 1. The minimum atomic E-state index is -3.23. The van der Waals surface area contributed by atoms with E-state index in [-0.39, 0.29) is 29.9 Å². The number of thiophene rings is 1. The van der Waals surface area contributed by atoms with Crippen molar-refractivity contribution >= 4 is 33.0 Å².